The van der Waals surface area contributed by atoms with Gasteiger partial charge in [-0.25, -0.2) is 4.79 Å². The molecule has 3 nitrogen and oxygen atoms in total. The Balaban J connectivity index is 3.06. The number of amides is 1. The lowest BCUT2D eigenvalue weighted by molar-refractivity contribution is 0.202. The Kier molecular flexibility index (Phi) is 3.36. The molecule has 0 aliphatic heterocycles. The topological polar surface area (TPSA) is 40.5 Å². The Morgan fingerprint density at radius 3 is 2.64 bits per heavy atom. The van der Waals surface area contributed by atoms with Crippen LogP contribution in [-0.4, -0.2) is 17.7 Å². The molecule has 76 valence electrons. The lowest BCUT2D eigenvalue weighted by Crippen LogP contribution is -2.28. The van der Waals surface area contributed by atoms with Crippen LogP contribution in [0.1, 0.15) is 12.5 Å². The first kappa shape index (κ1) is 10.9. The van der Waals surface area contributed by atoms with Gasteiger partial charge in [-0.15, -0.1) is 0 Å². The molecule has 4 heteroatoms. The van der Waals surface area contributed by atoms with Crippen molar-refractivity contribution < 1.29 is 9.90 Å². The molecule has 1 N–H and O–H groups in total. The van der Waals surface area contributed by atoms with Crippen LogP contribution in [0.25, 0.3) is 0 Å². The van der Waals surface area contributed by atoms with Gasteiger partial charge in [0.05, 0.1) is 0 Å². The van der Waals surface area contributed by atoms with Crippen LogP contribution in [0.2, 0.25) is 5.02 Å². The first-order valence-corrected chi connectivity index (χ1v) is 4.70. The van der Waals surface area contributed by atoms with Crippen LogP contribution in [0.5, 0.6) is 0 Å². The van der Waals surface area contributed by atoms with E-state index in [0.717, 1.165) is 5.56 Å². The highest BCUT2D eigenvalue weighted by atomic mass is 35.5. The van der Waals surface area contributed by atoms with Crippen molar-refractivity contribution in [3.8, 4) is 0 Å². The third-order valence-corrected chi connectivity index (χ3v) is 2.42. The quantitative estimate of drug-likeness (QED) is 0.820. The molecule has 1 aromatic carbocycles. The number of hydrogen-bond donors (Lipinski definition) is 1. The molecule has 1 rings (SSSR count). The number of rotatable bonds is 2. The average molecular weight is 214 g/mol. The molecule has 1 amide bonds. The van der Waals surface area contributed by atoms with E-state index in [1.807, 2.05) is 13.0 Å². The number of carbonyl (C=O) groups is 1. The molecule has 0 spiro atoms. The predicted molar refractivity (Wildman–Crippen MR) is 57.2 cm³/mol. The highest BCUT2D eigenvalue weighted by Crippen LogP contribution is 2.22. The fraction of sp³-hybridized carbons (Fsp3) is 0.300. The highest BCUT2D eigenvalue weighted by Gasteiger charge is 2.12. The molecule has 0 heterocycles. The summed E-state index contributed by atoms with van der Waals surface area (Å²) >= 11 is 5.90. The summed E-state index contributed by atoms with van der Waals surface area (Å²) in [5.41, 5.74) is 1.55. The van der Waals surface area contributed by atoms with Crippen LogP contribution in [0.4, 0.5) is 10.5 Å². The molecule has 1 aromatic rings. The fourth-order valence-electron chi connectivity index (χ4n) is 1.18. The Hall–Kier alpha value is -1.22. The SMILES string of the molecule is CCN(C(=O)O)c1ccc(C)c(Cl)c1. The number of carboxylic acid groups (broad SMARTS) is 1. The van der Waals surface area contributed by atoms with E-state index in [4.69, 9.17) is 16.7 Å². The van der Waals surface area contributed by atoms with E-state index < -0.39 is 6.09 Å². The minimum Gasteiger partial charge on any atom is -0.465 e. The monoisotopic (exact) mass is 213 g/mol. The highest BCUT2D eigenvalue weighted by molar-refractivity contribution is 6.31. The number of anilines is 1. The Labute approximate surface area is 87.9 Å². The van der Waals surface area contributed by atoms with E-state index in [9.17, 15) is 4.79 Å². The van der Waals surface area contributed by atoms with Gasteiger partial charge in [0.2, 0.25) is 0 Å². The van der Waals surface area contributed by atoms with E-state index in [0.29, 0.717) is 17.3 Å². The minimum atomic E-state index is -0.965. The zero-order valence-corrected chi connectivity index (χ0v) is 8.88. The number of halogens is 1. The van der Waals surface area contributed by atoms with Crippen molar-refractivity contribution in [2.75, 3.05) is 11.4 Å². The minimum absolute atomic E-state index is 0.411. The van der Waals surface area contributed by atoms with Crippen LogP contribution in [0.15, 0.2) is 18.2 Å². The molecule has 0 aromatic heterocycles. The van der Waals surface area contributed by atoms with Crippen molar-refractivity contribution in [3.05, 3.63) is 28.8 Å². The molecular weight excluding hydrogens is 202 g/mol. The predicted octanol–water partition coefficient (Wildman–Crippen LogP) is 3.15. The second-order valence-electron chi connectivity index (χ2n) is 2.96. The van der Waals surface area contributed by atoms with E-state index in [2.05, 4.69) is 0 Å². The van der Waals surface area contributed by atoms with Crippen LogP contribution < -0.4 is 4.90 Å². The second kappa shape index (κ2) is 4.33. The molecule has 0 aliphatic rings. The van der Waals surface area contributed by atoms with Gasteiger partial charge in [-0.2, -0.15) is 0 Å². The average Bonchev–Trinajstić information content (AvgIpc) is 2.11. The van der Waals surface area contributed by atoms with Crippen molar-refractivity contribution in [1.29, 1.82) is 0 Å². The number of aryl methyl sites for hydroxylation is 1. The molecular formula is C10H12ClNO2. The van der Waals surface area contributed by atoms with Gasteiger partial charge in [-0.1, -0.05) is 17.7 Å². The maximum Gasteiger partial charge on any atom is 0.411 e. The number of nitrogens with zero attached hydrogens (tertiary/aromatic N) is 1. The Morgan fingerprint density at radius 1 is 1.57 bits per heavy atom. The Morgan fingerprint density at radius 2 is 2.21 bits per heavy atom. The molecule has 0 aliphatic carbocycles. The van der Waals surface area contributed by atoms with Crippen molar-refractivity contribution in [2.24, 2.45) is 0 Å². The Bertz CT molecular complexity index is 352. The first-order chi connectivity index (χ1) is 6.56. The molecule has 0 radical (unpaired) electrons. The smallest absolute Gasteiger partial charge is 0.411 e. The van der Waals surface area contributed by atoms with Gasteiger partial charge in [-0.3, -0.25) is 4.90 Å². The molecule has 0 saturated carbocycles. The van der Waals surface area contributed by atoms with E-state index in [1.165, 1.54) is 4.90 Å². The number of benzene rings is 1. The molecule has 0 unspecified atom stereocenters. The summed E-state index contributed by atoms with van der Waals surface area (Å²) in [6.07, 6.45) is -0.965. The summed E-state index contributed by atoms with van der Waals surface area (Å²) in [5, 5.41) is 9.46. The molecule has 14 heavy (non-hydrogen) atoms. The third-order valence-electron chi connectivity index (χ3n) is 2.01. The normalized spacial score (nSPS) is 9.93. The summed E-state index contributed by atoms with van der Waals surface area (Å²) in [6.45, 7) is 4.07. The zero-order valence-electron chi connectivity index (χ0n) is 8.12. The zero-order chi connectivity index (χ0) is 10.7. The van der Waals surface area contributed by atoms with E-state index in [1.54, 1.807) is 19.1 Å². The fourth-order valence-corrected chi connectivity index (χ4v) is 1.35. The van der Waals surface area contributed by atoms with Crippen LogP contribution >= 0.6 is 11.6 Å². The van der Waals surface area contributed by atoms with Gasteiger partial charge < -0.3 is 5.11 Å². The van der Waals surface area contributed by atoms with E-state index in [-0.39, 0.29) is 0 Å². The number of hydrogen-bond acceptors (Lipinski definition) is 1. The third kappa shape index (κ3) is 2.17. The summed E-state index contributed by atoms with van der Waals surface area (Å²) in [5.74, 6) is 0. The van der Waals surface area contributed by atoms with Crippen molar-refractivity contribution in [1.82, 2.24) is 0 Å². The van der Waals surface area contributed by atoms with Gasteiger partial charge in [0.25, 0.3) is 0 Å². The van der Waals surface area contributed by atoms with Gasteiger partial charge in [0, 0.05) is 17.3 Å². The molecule has 0 atom stereocenters. The molecule has 0 fully saturated rings. The van der Waals surface area contributed by atoms with E-state index >= 15 is 0 Å². The summed E-state index contributed by atoms with van der Waals surface area (Å²) in [7, 11) is 0. The summed E-state index contributed by atoms with van der Waals surface area (Å²) in [6, 6.07) is 5.22. The summed E-state index contributed by atoms with van der Waals surface area (Å²) in [4.78, 5) is 12.1. The maximum absolute atomic E-state index is 10.8. The first-order valence-electron chi connectivity index (χ1n) is 4.33. The maximum atomic E-state index is 10.8. The molecule has 0 saturated heterocycles. The lowest BCUT2D eigenvalue weighted by Gasteiger charge is -2.17. The standard InChI is InChI=1S/C10H12ClNO2/c1-3-12(10(13)14)8-5-4-7(2)9(11)6-8/h4-6H,3H2,1-2H3,(H,13,14). The van der Waals surface area contributed by atoms with Gasteiger partial charge in [0.1, 0.15) is 0 Å². The molecule has 0 bridgehead atoms. The van der Waals surface area contributed by atoms with Gasteiger partial charge >= 0.3 is 6.09 Å². The van der Waals surface area contributed by atoms with Crippen molar-refractivity contribution in [3.63, 3.8) is 0 Å². The largest absolute Gasteiger partial charge is 0.465 e. The second-order valence-corrected chi connectivity index (χ2v) is 3.37. The van der Waals surface area contributed by atoms with Crippen LogP contribution in [0, 0.1) is 6.92 Å². The van der Waals surface area contributed by atoms with Crippen molar-refractivity contribution in [2.45, 2.75) is 13.8 Å². The summed E-state index contributed by atoms with van der Waals surface area (Å²) < 4.78 is 0. The van der Waals surface area contributed by atoms with Crippen molar-refractivity contribution >= 4 is 23.4 Å². The van der Waals surface area contributed by atoms with Gasteiger partial charge in [0.15, 0.2) is 0 Å². The van der Waals surface area contributed by atoms with Crippen LogP contribution in [-0.2, 0) is 0 Å². The van der Waals surface area contributed by atoms with Gasteiger partial charge in [-0.05, 0) is 31.5 Å². The lowest BCUT2D eigenvalue weighted by atomic mass is 10.2. The van der Waals surface area contributed by atoms with Crippen LogP contribution in [0.3, 0.4) is 0 Å².